The summed E-state index contributed by atoms with van der Waals surface area (Å²) < 4.78 is 0. The lowest BCUT2D eigenvalue weighted by Crippen LogP contribution is -2.40. The molecule has 0 unspecified atom stereocenters. The summed E-state index contributed by atoms with van der Waals surface area (Å²) in [6, 6.07) is 0.580. The number of likely N-dealkylation sites (tertiary alicyclic amines) is 1. The van der Waals surface area contributed by atoms with Crippen LogP contribution in [0.15, 0.2) is 11.8 Å². The summed E-state index contributed by atoms with van der Waals surface area (Å²) in [5, 5.41) is 0. The Morgan fingerprint density at radius 2 is 2.12 bits per heavy atom. The molecule has 1 fully saturated rings. The summed E-state index contributed by atoms with van der Waals surface area (Å²) in [4.78, 5) is 15.7. The van der Waals surface area contributed by atoms with Crippen molar-refractivity contribution >= 4 is 5.91 Å². The Kier molecular flexibility index (Phi) is 3.64. The molecule has 1 atom stereocenters. The number of piperidine rings is 1. The lowest BCUT2D eigenvalue weighted by Gasteiger charge is -2.37. The number of carbonyl (C=O) groups is 1. The van der Waals surface area contributed by atoms with Gasteiger partial charge in [0.05, 0.1) is 0 Å². The van der Waals surface area contributed by atoms with Crippen LogP contribution in [0, 0.1) is 0 Å². The van der Waals surface area contributed by atoms with Crippen molar-refractivity contribution < 1.29 is 4.79 Å². The Hall–Kier alpha value is -0.830. The van der Waals surface area contributed by atoms with Crippen LogP contribution in [-0.4, -0.2) is 41.9 Å². The second-order valence-corrected chi connectivity index (χ2v) is 5.01. The van der Waals surface area contributed by atoms with Crippen molar-refractivity contribution in [3.05, 3.63) is 11.8 Å². The Morgan fingerprint density at radius 1 is 1.31 bits per heavy atom. The average Bonchev–Trinajstić information content (AvgIpc) is 2.30. The van der Waals surface area contributed by atoms with Gasteiger partial charge in [-0.05, 0) is 44.8 Å². The molecule has 3 heteroatoms. The number of rotatable bonds is 1. The highest BCUT2D eigenvalue weighted by atomic mass is 16.2. The maximum Gasteiger partial charge on any atom is 0.223 e. The minimum Gasteiger partial charge on any atom is -0.319 e. The molecule has 2 heterocycles. The maximum absolute atomic E-state index is 11.4. The van der Waals surface area contributed by atoms with Crippen LogP contribution in [-0.2, 0) is 4.79 Å². The number of likely N-dealkylation sites (N-methyl/N-ethyl adjacent to an activating group) is 1. The third-order valence-electron chi connectivity index (χ3n) is 3.79. The molecule has 0 radical (unpaired) electrons. The van der Waals surface area contributed by atoms with Crippen molar-refractivity contribution in [2.24, 2.45) is 0 Å². The van der Waals surface area contributed by atoms with Gasteiger partial charge in [0.1, 0.15) is 0 Å². The van der Waals surface area contributed by atoms with E-state index in [1.165, 1.54) is 37.8 Å². The van der Waals surface area contributed by atoms with Crippen LogP contribution in [0.5, 0.6) is 0 Å². The lowest BCUT2D eigenvalue weighted by molar-refractivity contribution is -0.126. The molecule has 16 heavy (non-hydrogen) atoms. The maximum atomic E-state index is 11.4. The molecule has 0 spiro atoms. The highest BCUT2D eigenvalue weighted by molar-refractivity contribution is 5.74. The predicted octanol–water partition coefficient (Wildman–Crippen LogP) is 2.00. The first-order valence-corrected chi connectivity index (χ1v) is 6.36. The first-order valence-electron chi connectivity index (χ1n) is 6.36. The topological polar surface area (TPSA) is 23.6 Å². The Morgan fingerprint density at radius 3 is 2.81 bits per heavy atom. The van der Waals surface area contributed by atoms with Crippen LogP contribution >= 0.6 is 0 Å². The van der Waals surface area contributed by atoms with Crippen LogP contribution in [0.25, 0.3) is 0 Å². The molecule has 0 aliphatic carbocycles. The summed E-state index contributed by atoms with van der Waals surface area (Å²) in [7, 11) is 2.21. The molecule has 2 aliphatic heterocycles. The smallest absolute Gasteiger partial charge is 0.223 e. The zero-order chi connectivity index (χ0) is 11.5. The van der Waals surface area contributed by atoms with E-state index in [2.05, 4.69) is 18.1 Å². The van der Waals surface area contributed by atoms with Gasteiger partial charge in [0.2, 0.25) is 5.91 Å². The molecule has 1 saturated heterocycles. The second kappa shape index (κ2) is 5.00. The fourth-order valence-corrected chi connectivity index (χ4v) is 2.83. The van der Waals surface area contributed by atoms with E-state index in [0.29, 0.717) is 6.04 Å². The molecule has 2 aliphatic rings. The minimum absolute atomic E-state index is 0.177. The van der Waals surface area contributed by atoms with E-state index in [9.17, 15) is 4.79 Å². The summed E-state index contributed by atoms with van der Waals surface area (Å²) in [6.45, 7) is 3.75. The van der Waals surface area contributed by atoms with E-state index >= 15 is 0 Å². The Labute approximate surface area is 98.1 Å². The van der Waals surface area contributed by atoms with E-state index in [4.69, 9.17) is 0 Å². The van der Waals surface area contributed by atoms with E-state index in [1.54, 1.807) is 6.92 Å². The van der Waals surface area contributed by atoms with E-state index in [0.717, 1.165) is 13.0 Å². The zero-order valence-electron chi connectivity index (χ0n) is 10.4. The Balaban J connectivity index is 2.09. The van der Waals surface area contributed by atoms with E-state index < -0.39 is 0 Å². The van der Waals surface area contributed by atoms with Gasteiger partial charge in [-0.15, -0.1) is 0 Å². The number of hydrogen-bond acceptors (Lipinski definition) is 2. The van der Waals surface area contributed by atoms with Crippen molar-refractivity contribution in [2.45, 2.75) is 45.1 Å². The number of hydrogen-bond donors (Lipinski definition) is 0. The number of carbonyl (C=O) groups excluding carboxylic acids is 1. The van der Waals surface area contributed by atoms with E-state index in [1.807, 2.05) is 4.90 Å². The van der Waals surface area contributed by atoms with Crippen molar-refractivity contribution in [1.82, 2.24) is 9.80 Å². The van der Waals surface area contributed by atoms with Gasteiger partial charge in [0, 0.05) is 25.7 Å². The van der Waals surface area contributed by atoms with Gasteiger partial charge in [0.25, 0.3) is 0 Å². The minimum atomic E-state index is 0.177. The predicted molar refractivity (Wildman–Crippen MR) is 65.0 cm³/mol. The molecule has 3 nitrogen and oxygen atoms in total. The molecule has 0 N–H and O–H groups in total. The van der Waals surface area contributed by atoms with Crippen LogP contribution in [0.2, 0.25) is 0 Å². The third-order valence-corrected chi connectivity index (χ3v) is 3.79. The normalized spacial score (nSPS) is 27.8. The standard InChI is InChI=1S/C13H22N2O/c1-11(16)15-9-5-6-12(10-15)13-7-3-4-8-14(13)2/h10,13H,3-9H2,1-2H3/t13-/m1/s1. The summed E-state index contributed by atoms with van der Waals surface area (Å²) in [5.41, 5.74) is 1.46. The van der Waals surface area contributed by atoms with E-state index in [-0.39, 0.29) is 5.91 Å². The molecule has 0 aromatic rings. The van der Waals surface area contributed by atoms with Gasteiger partial charge >= 0.3 is 0 Å². The third kappa shape index (κ3) is 2.46. The largest absolute Gasteiger partial charge is 0.319 e. The molecular formula is C13H22N2O. The first kappa shape index (κ1) is 11.6. The SMILES string of the molecule is CC(=O)N1C=C([C@H]2CCCCN2C)CCC1. The molecule has 1 amide bonds. The van der Waals surface area contributed by atoms with Gasteiger partial charge in [-0.25, -0.2) is 0 Å². The molecule has 0 aromatic carbocycles. The molecule has 0 bridgehead atoms. The van der Waals surface area contributed by atoms with Crippen LogP contribution < -0.4 is 0 Å². The monoisotopic (exact) mass is 222 g/mol. The number of nitrogens with zero attached hydrogens (tertiary/aromatic N) is 2. The van der Waals surface area contributed by atoms with Gasteiger partial charge in [0.15, 0.2) is 0 Å². The molecule has 90 valence electrons. The van der Waals surface area contributed by atoms with Crippen LogP contribution in [0.3, 0.4) is 0 Å². The van der Waals surface area contributed by atoms with Gasteiger partial charge in [-0.2, -0.15) is 0 Å². The van der Waals surface area contributed by atoms with Crippen molar-refractivity contribution in [1.29, 1.82) is 0 Å². The molecular weight excluding hydrogens is 200 g/mol. The van der Waals surface area contributed by atoms with Crippen molar-refractivity contribution in [3.63, 3.8) is 0 Å². The highest BCUT2D eigenvalue weighted by Crippen LogP contribution is 2.27. The van der Waals surface area contributed by atoms with Gasteiger partial charge in [-0.3, -0.25) is 9.69 Å². The molecule has 0 saturated carbocycles. The average molecular weight is 222 g/mol. The Bertz CT molecular complexity index is 298. The summed E-state index contributed by atoms with van der Waals surface area (Å²) >= 11 is 0. The fraction of sp³-hybridized carbons (Fsp3) is 0.769. The number of amides is 1. The zero-order valence-corrected chi connectivity index (χ0v) is 10.4. The fourth-order valence-electron chi connectivity index (χ4n) is 2.83. The molecule has 0 aromatic heterocycles. The van der Waals surface area contributed by atoms with Crippen molar-refractivity contribution in [3.8, 4) is 0 Å². The lowest BCUT2D eigenvalue weighted by atomic mass is 9.92. The van der Waals surface area contributed by atoms with Crippen molar-refractivity contribution in [2.75, 3.05) is 20.1 Å². The highest BCUT2D eigenvalue weighted by Gasteiger charge is 2.25. The van der Waals surface area contributed by atoms with Crippen LogP contribution in [0.1, 0.15) is 39.0 Å². The summed E-state index contributed by atoms with van der Waals surface area (Å²) in [6.07, 6.45) is 8.30. The van der Waals surface area contributed by atoms with Crippen LogP contribution in [0.4, 0.5) is 0 Å². The molecule has 2 rings (SSSR count). The quantitative estimate of drug-likeness (QED) is 0.677. The van der Waals surface area contributed by atoms with Gasteiger partial charge < -0.3 is 4.90 Å². The second-order valence-electron chi connectivity index (χ2n) is 5.01. The van der Waals surface area contributed by atoms with Gasteiger partial charge in [-0.1, -0.05) is 6.42 Å². The first-order chi connectivity index (χ1) is 7.68. The summed E-state index contributed by atoms with van der Waals surface area (Å²) in [5.74, 6) is 0.177.